The van der Waals surface area contributed by atoms with Crippen LogP contribution in [0.2, 0.25) is 0 Å². The average molecular weight is 436 g/mol. The molecule has 4 aromatic rings. The maximum absolute atomic E-state index is 13.7. The molecule has 2 heterocycles. The van der Waals surface area contributed by atoms with Crippen LogP contribution in [0.15, 0.2) is 67.0 Å². The van der Waals surface area contributed by atoms with Crippen molar-refractivity contribution in [3.05, 3.63) is 90.0 Å². The third-order valence-corrected chi connectivity index (χ3v) is 4.66. The summed E-state index contributed by atoms with van der Waals surface area (Å²) >= 11 is 0. The Morgan fingerprint density at radius 1 is 0.906 bits per heavy atom. The number of hydrogen-bond donors (Lipinski definition) is 2. The van der Waals surface area contributed by atoms with Gasteiger partial charge in [-0.1, -0.05) is 18.2 Å². The van der Waals surface area contributed by atoms with Crippen LogP contribution in [0, 0.1) is 17.5 Å². The van der Waals surface area contributed by atoms with Crippen molar-refractivity contribution in [3.8, 4) is 11.3 Å². The molecule has 0 fully saturated rings. The number of nitrogens with zero attached hydrogens (tertiary/aromatic N) is 2. The summed E-state index contributed by atoms with van der Waals surface area (Å²) in [6.45, 7) is -0.515. The second-order valence-corrected chi connectivity index (χ2v) is 6.76. The average Bonchev–Trinajstić information content (AvgIpc) is 2.82. The Kier molecular flexibility index (Phi) is 5.80. The van der Waals surface area contributed by atoms with Crippen molar-refractivity contribution in [2.24, 2.45) is 0 Å². The second kappa shape index (κ2) is 8.84. The quantitative estimate of drug-likeness (QED) is 0.462. The lowest BCUT2D eigenvalue weighted by Gasteiger charge is -2.11. The predicted octanol–water partition coefficient (Wildman–Crippen LogP) is 4.08. The van der Waals surface area contributed by atoms with Crippen molar-refractivity contribution >= 4 is 28.4 Å². The molecule has 0 saturated carbocycles. The van der Waals surface area contributed by atoms with Crippen LogP contribution in [-0.4, -0.2) is 28.3 Å². The van der Waals surface area contributed by atoms with Gasteiger partial charge in [0.25, 0.3) is 5.91 Å². The van der Waals surface area contributed by atoms with Crippen LogP contribution in [0.5, 0.6) is 0 Å². The number of halogens is 3. The normalized spacial score (nSPS) is 10.7. The monoisotopic (exact) mass is 436 g/mol. The molecule has 9 heteroatoms. The number of pyridine rings is 2. The highest BCUT2D eigenvalue weighted by molar-refractivity contribution is 6.08. The standard InChI is InChI=1S/C23H15F3N4O2/c24-16-5-6-18(22(26)21(16)25)30-20(31)12-28-23(32)15-11-19(13-7-9-27-10-8-13)29-17-4-2-1-3-14(15)17/h1-11H,12H2,(H,28,32)(H,30,31). The minimum Gasteiger partial charge on any atom is -0.343 e. The molecule has 0 unspecified atom stereocenters. The number of rotatable bonds is 5. The molecule has 0 aliphatic carbocycles. The summed E-state index contributed by atoms with van der Waals surface area (Å²) in [5, 5.41) is 5.14. The number of amides is 2. The van der Waals surface area contributed by atoms with Crippen LogP contribution in [-0.2, 0) is 4.79 Å². The number of nitrogens with one attached hydrogen (secondary N) is 2. The maximum atomic E-state index is 13.7. The number of hydrogen-bond acceptors (Lipinski definition) is 4. The lowest BCUT2D eigenvalue weighted by molar-refractivity contribution is -0.115. The Hall–Kier alpha value is -4.27. The minimum absolute atomic E-state index is 0.286. The number of fused-ring (bicyclic) bond motifs is 1. The molecule has 32 heavy (non-hydrogen) atoms. The van der Waals surface area contributed by atoms with Gasteiger partial charge in [-0.15, -0.1) is 0 Å². The number of aromatic nitrogens is 2. The van der Waals surface area contributed by atoms with Gasteiger partial charge in [-0.25, -0.2) is 18.2 Å². The van der Waals surface area contributed by atoms with E-state index in [2.05, 4.69) is 20.6 Å². The molecule has 2 amide bonds. The van der Waals surface area contributed by atoms with Gasteiger partial charge in [0, 0.05) is 23.3 Å². The van der Waals surface area contributed by atoms with E-state index in [9.17, 15) is 22.8 Å². The molecule has 0 spiro atoms. The summed E-state index contributed by atoms with van der Waals surface area (Å²) in [4.78, 5) is 33.5. The van der Waals surface area contributed by atoms with E-state index in [0.29, 0.717) is 22.7 Å². The van der Waals surface area contributed by atoms with Crippen LogP contribution in [0.4, 0.5) is 18.9 Å². The van der Waals surface area contributed by atoms with Gasteiger partial charge in [0.2, 0.25) is 5.91 Å². The first-order valence-corrected chi connectivity index (χ1v) is 9.46. The highest BCUT2D eigenvalue weighted by atomic mass is 19.2. The molecule has 2 N–H and O–H groups in total. The van der Waals surface area contributed by atoms with E-state index in [1.54, 1.807) is 54.9 Å². The second-order valence-electron chi connectivity index (χ2n) is 6.76. The van der Waals surface area contributed by atoms with E-state index in [-0.39, 0.29) is 5.56 Å². The zero-order valence-corrected chi connectivity index (χ0v) is 16.4. The van der Waals surface area contributed by atoms with Crippen LogP contribution in [0.3, 0.4) is 0 Å². The predicted molar refractivity (Wildman–Crippen MR) is 112 cm³/mol. The highest BCUT2D eigenvalue weighted by Crippen LogP contribution is 2.24. The van der Waals surface area contributed by atoms with Gasteiger partial charge in [-0.3, -0.25) is 14.6 Å². The Bertz CT molecular complexity index is 1330. The number of carbonyl (C=O) groups excluding carboxylic acids is 2. The maximum Gasteiger partial charge on any atom is 0.252 e. The van der Waals surface area contributed by atoms with Gasteiger partial charge >= 0.3 is 0 Å². The van der Waals surface area contributed by atoms with Gasteiger partial charge in [-0.05, 0) is 36.4 Å². The van der Waals surface area contributed by atoms with Crippen LogP contribution in [0.25, 0.3) is 22.2 Å². The topological polar surface area (TPSA) is 84.0 Å². The van der Waals surface area contributed by atoms with Gasteiger partial charge in [-0.2, -0.15) is 0 Å². The van der Waals surface area contributed by atoms with Gasteiger partial charge in [0.15, 0.2) is 17.5 Å². The SMILES string of the molecule is O=C(CNC(=O)c1cc(-c2ccncc2)nc2ccccc12)Nc1ccc(F)c(F)c1F. The fraction of sp³-hybridized carbons (Fsp3) is 0.0435. The molecule has 2 aromatic carbocycles. The van der Waals surface area contributed by atoms with Crippen molar-refractivity contribution in [1.82, 2.24) is 15.3 Å². The highest BCUT2D eigenvalue weighted by Gasteiger charge is 2.17. The third kappa shape index (κ3) is 4.27. The minimum atomic E-state index is -1.70. The summed E-state index contributed by atoms with van der Waals surface area (Å²) < 4.78 is 40.1. The lowest BCUT2D eigenvalue weighted by Crippen LogP contribution is -2.33. The molecule has 0 bridgehead atoms. The fourth-order valence-electron chi connectivity index (χ4n) is 3.11. The van der Waals surface area contributed by atoms with Crippen molar-refractivity contribution in [2.45, 2.75) is 0 Å². The molecule has 0 aliphatic heterocycles. The zero-order chi connectivity index (χ0) is 22.7. The van der Waals surface area contributed by atoms with Crippen molar-refractivity contribution < 1.29 is 22.8 Å². The largest absolute Gasteiger partial charge is 0.343 e. The zero-order valence-electron chi connectivity index (χ0n) is 16.4. The molecule has 0 radical (unpaired) electrons. The van der Waals surface area contributed by atoms with Crippen molar-refractivity contribution in [2.75, 3.05) is 11.9 Å². The molecule has 0 atom stereocenters. The molecule has 160 valence electrons. The molecule has 6 nitrogen and oxygen atoms in total. The smallest absolute Gasteiger partial charge is 0.252 e. The van der Waals surface area contributed by atoms with Gasteiger partial charge in [0.1, 0.15) is 0 Å². The van der Waals surface area contributed by atoms with Crippen molar-refractivity contribution in [3.63, 3.8) is 0 Å². The van der Waals surface area contributed by atoms with E-state index in [1.165, 1.54) is 0 Å². The van der Waals surface area contributed by atoms with Gasteiger partial charge < -0.3 is 10.6 Å². The molecule has 0 aliphatic rings. The summed E-state index contributed by atoms with van der Waals surface area (Å²) in [5.74, 6) is -5.95. The molecular formula is C23H15F3N4O2. The van der Waals surface area contributed by atoms with Crippen LogP contribution >= 0.6 is 0 Å². The number of benzene rings is 2. The van der Waals surface area contributed by atoms with Gasteiger partial charge in [0.05, 0.1) is 29.0 Å². The Morgan fingerprint density at radius 3 is 2.44 bits per heavy atom. The fourth-order valence-corrected chi connectivity index (χ4v) is 3.11. The van der Waals surface area contributed by atoms with E-state index in [0.717, 1.165) is 11.6 Å². The summed E-state index contributed by atoms with van der Waals surface area (Å²) in [6, 6.07) is 13.7. The van der Waals surface area contributed by atoms with E-state index < -0.39 is 41.5 Å². The lowest BCUT2D eigenvalue weighted by atomic mass is 10.0. The van der Waals surface area contributed by atoms with Crippen LogP contribution < -0.4 is 10.6 Å². The first-order chi connectivity index (χ1) is 15.4. The van der Waals surface area contributed by atoms with Crippen LogP contribution in [0.1, 0.15) is 10.4 Å². The Morgan fingerprint density at radius 2 is 1.66 bits per heavy atom. The Balaban J connectivity index is 1.55. The summed E-state index contributed by atoms with van der Waals surface area (Å²) in [6.07, 6.45) is 3.21. The summed E-state index contributed by atoms with van der Waals surface area (Å²) in [7, 11) is 0. The number of anilines is 1. The first-order valence-electron chi connectivity index (χ1n) is 9.46. The van der Waals surface area contributed by atoms with E-state index in [4.69, 9.17) is 0 Å². The molecular weight excluding hydrogens is 421 g/mol. The third-order valence-electron chi connectivity index (χ3n) is 4.66. The van der Waals surface area contributed by atoms with E-state index >= 15 is 0 Å². The molecule has 4 rings (SSSR count). The first kappa shape index (κ1) is 21.0. The number of para-hydroxylation sites is 1. The van der Waals surface area contributed by atoms with E-state index in [1.807, 2.05) is 0 Å². The summed E-state index contributed by atoms with van der Waals surface area (Å²) in [5.41, 5.74) is 1.64. The Labute approximate surface area is 180 Å². The molecule has 0 saturated heterocycles. The number of carbonyl (C=O) groups is 2. The molecule has 2 aromatic heterocycles. The van der Waals surface area contributed by atoms with Crippen molar-refractivity contribution in [1.29, 1.82) is 0 Å².